The van der Waals surface area contributed by atoms with Crippen LogP contribution in [0.25, 0.3) is 33.6 Å². The molecule has 2 atom stereocenters. The summed E-state index contributed by atoms with van der Waals surface area (Å²) in [4.78, 5) is 37.6. The highest BCUT2D eigenvalue weighted by Crippen LogP contribution is 2.42. The second kappa shape index (κ2) is 15.7. The Morgan fingerprint density at radius 2 is 1.45 bits per heavy atom. The minimum Gasteiger partial charge on any atom is -0.480 e. The molecule has 0 saturated carbocycles. The van der Waals surface area contributed by atoms with Crippen LogP contribution in [-0.4, -0.2) is 69.1 Å². The topological polar surface area (TPSA) is 115 Å². The van der Waals surface area contributed by atoms with Crippen LogP contribution in [0.1, 0.15) is 55.1 Å². The van der Waals surface area contributed by atoms with Gasteiger partial charge in [-0.15, -0.1) is 0 Å². The van der Waals surface area contributed by atoms with Gasteiger partial charge < -0.3 is 14.8 Å². The van der Waals surface area contributed by atoms with E-state index in [0.29, 0.717) is 69.6 Å². The van der Waals surface area contributed by atoms with E-state index in [4.69, 9.17) is 52.6 Å². The van der Waals surface area contributed by atoms with Gasteiger partial charge in [-0.25, -0.2) is 9.97 Å². The van der Waals surface area contributed by atoms with Crippen molar-refractivity contribution in [1.82, 2.24) is 35.1 Å². The number of methoxy groups -OCH3 is 2. The number of aromatic nitrogens is 5. The molecule has 3 aromatic heterocycles. The van der Waals surface area contributed by atoms with E-state index in [1.54, 1.807) is 26.6 Å². The minimum absolute atomic E-state index is 0.126. The molecule has 1 N–H and O–H groups in total. The number of nitrogens with one attached hydrogen (secondary N) is 1. The summed E-state index contributed by atoms with van der Waals surface area (Å²) >= 11 is 14.2. The van der Waals surface area contributed by atoms with E-state index in [1.807, 2.05) is 54.7 Å². The van der Waals surface area contributed by atoms with Crippen molar-refractivity contribution >= 4 is 29.1 Å². The van der Waals surface area contributed by atoms with Crippen LogP contribution in [-0.2, 0) is 17.8 Å². The molecule has 0 spiro atoms. The van der Waals surface area contributed by atoms with Gasteiger partial charge in [0.05, 0.1) is 48.0 Å². The van der Waals surface area contributed by atoms with Crippen LogP contribution in [0.2, 0.25) is 10.0 Å². The maximum Gasteiger partial charge on any atom is 0.237 e. The largest absolute Gasteiger partial charge is 0.480 e. The van der Waals surface area contributed by atoms with Gasteiger partial charge in [0.15, 0.2) is 0 Å². The van der Waals surface area contributed by atoms with E-state index in [2.05, 4.69) is 21.3 Å². The number of halogens is 2. The van der Waals surface area contributed by atoms with E-state index >= 15 is 0 Å². The summed E-state index contributed by atoms with van der Waals surface area (Å²) in [6.45, 7) is 2.49. The quantitative estimate of drug-likeness (QED) is 0.139. The molecule has 5 heterocycles. The van der Waals surface area contributed by atoms with E-state index < -0.39 is 0 Å². The Kier molecular flexibility index (Phi) is 10.7. The first kappa shape index (κ1) is 34.8. The van der Waals surface area contributed by atoms with Gasteiger partial charge in [0.25, 0.3) is 0 Å². The Hall–Kier alpha value is -4.64. The second-order valence-corrected chi connectivity index (χ2v) is 13.7. The Labute approximate surface area is 307 Å². The molecule has 0 aliphatic carbocycles. The van der Waals surface area contributed by atoms with Crippen molar-refractivity contribution in [2.75, 3.05) is 27.3 Å². The van der Waals surface area contributed by atoms with Gasteiger partial charge in [-0.2, -0.15) is 0 Å². The number of rotatable bonds is 12. The van der Waals surface area contributed by atoms with E-state index in [1.165, 1.54) is 0 Å². The number of nitrogens with zero attached hydrogens (tertiary/aromatic N) is 6. The van der Waals surface area contributed by atoms with Crippen molar-refractivity contribution in [3.8, 4) is 45.4 Å². The standard InChI is InChI=1S/C39H39Cl2N7O3/c1-50-38-31(14-5-8-25-15-16-35(49)45-25)43-20-32(46-38)28-11-6-9-26(36(28)40)27-10-7-12-29(37(27)41)33-21-44-34(39(47-33)51-2)23-48-19-17-24(22-48)30-13-3-4-18-42-30/h3-4,6-7,9-13,18,20-21,24-25H,5,8,14-17,19,22-23H2,1-2H3,(H,45,49)/t24?,25-/m1/s1. The number of carbonyl (C=O) groups excluding carboxylic acids is 1. The molecule has 2 aliphatic rings. The maximum atomic E-state index is 11.5. The highest BCUT2D eigenvalue weighted by Gasteiger charge is 2.27. The summed E-state index contributed by atoms with van der Waals surface area (Å²) in [6.07, 6.45) is 10.3. The molecule has 51 heavy (non-hydrogen) atoms. The average Bonchev–Trinajstić information content (AvgIpc) is 3.81. The van der Waals surface area contributed by atoms with Crippen molar-refractivity contribution < 1.29 is 14.3 Å². The molecule has 0 radical (unpaired) electrons. The number of ether oxygens (including phenoxy) is 2. The first-order valence-corrected chi connectivity index (χ1v) is 18.0. The van der Waals surface area contributed by atoms with Gasteiger partial charge in [-0.1, -0.05) is 65.7 Å². The van der Waals surface area contributed by atoms with Crippen LogP contribution < -0.4 is 14.8 Å². The normalized spacial score (nSPS) is 17.5. The van der Waals surface area contributed by atoms with Crippen LogP contribution in [0.3, 0.4) is 0 Å². The molecule has 2 saturated heterocycles. The summed E-state index contributed by atoms with van der Waals surface area (Å²) < 4.78 is 11.4. The van der Waals surface area contributed by atoms with Crippen LogP contribution in [0.15, 0.2) is 73.2 Å². The predicted octanol–water partition coefficient (Wildman–Crippen LogP) is 7.58. The van der Waals surface area contributed by atoms with Crippen molar-refractivity contribution in [2.24, 2.45) is 0 Å². The minimum atomic E-state index is 0.126. The fourth-order valence-electron chi connectivity index (χ4n) is 6.99. The molecule has 10 nitrogen and oxygen atoms in total. The van der Waals surface area contributed by atoms with Gasteiger partial charge in [0, 0.05) is 65.6 Å². The number of pyridine rings is 1. The highest BCUT2D eigenvalue weighted by molar-refractivity contribution is 6.39. The van der Waals surface area contributed by atoms with Gasteiger partial charge in [0.2, 0.25) is 17.7 Å². The highest BCUT2D eigenvalue weighted by atomic mass is 35.5. The fraction of sp³-hybridized carbons (Fsp3) is 0.333. The fourth-order valence-corrected chi connectivity index (χ4v) is 7.64. The molecule has 2 aliphatic heterocycles. The molecule has 2 aromatic carbocycles. The van der Waals surface area contributed by atoms with Gasteiger partial charge in [0.1, 0.15) is 11.4 Å². The van der Waals surface area contributed by atoms with Crippen LogP contribution >= 0.6 is 23.2 Å². The zero-order chi connectivity index (χ0) is 35.3. The van der Waals surface area contributed by atoms with Gasteiger partial charge >= 0.3 is 0 Å². The summed E-state index contributed by atoms with van der Waals surface area (Å²) in [7, 11) is 3.20. The average molecular weight is 725 g/mol. The first-order valence-electron chi connectivity index (χ1n) is 17.2. The van der Waals surface area contributed by atoms with E-state index in [9.17, 15) is 4.79 Å². The molecule has 7 rings (SSSR count). The molecule has 262 valence electrons. The lowest BCUT2D eigenvalue weighted by Crippen LogP contribution is -2.25. The maximum absolute atomic E-state index is 11.5. The van der Waals surface area contributed by atoms with Crippen molar-refractivity contribution in [3.05, 3.63) is 100 Å². The second-order valence-electron chi connectivity index (χ2n) is 12.9. The van der Waals surface area contributed by atoms with Gasteiger partial charge in [-0.3, -0.25) is 24.6 Å². The lowest BCUT2D eigenvalue weighted by Gasteiger charge is -2.18. The van der Waals surface area contributed by atoms with Crippen molar-refractivity contribution in [3.63, 3.8) is 0 Å². The summed E-state index contributed by atoms with van der Waals surface area (Å²) in [5.74, 6) is 1.45. The van der Waals surface area contributed by atoms with Gasteiger partial charge in [-0.05, 0) is 50.8 Å². The number of carbonyl (C=O) groups is 1. The zero-order valence-electron chi connectivity index (χ0n) is 28.6. The molecule has 2 fully saturated rings. The van der Waals surface area contributed by atoms with Crippen LogP contribution in [0.5, 0.6) is 11.8 Å². The summed E-state index contributed by atoms with van der Waals surface area (Å²) in [5.41, 5.74) is 6.78. The Morgan fingerprint density at radius 1 is 0.804 bits per heavy atom. The van der Waals surface area contributed by atoms with Crippen molar-refractivity contribution in [1.29, 1.82) is 0 Å². The lowest BCUT2D eigenvalue weighted by atomic mass is 9.98. The number of benzene rings is 2. The molecular weight excluding hydrogens is 685 g/mol. The third-order valence-corrected chi connectivity index (χ3v) is 10.5. The monoisotopic (exact) mass is 723 g/mol. The third-order valence-electron chi connectivity index (χ3n) is 9.65. The third kappa shape index (κ3) is 7.68. The Balaban J connectivity index is 1.09. The molecular formula is C39H39Cl2N7O3. The van der Waals surface area contributed by atoms with Crippen molar-refractivity contribution in [2.45, 2.75) is 57.0 Å². The smallest absolute Gasteiger partial charge is 0.237 e. The molecule has 1 amide bonds. The number of amides is 1. The Morgan fingerprint density at radius 3 is 2.06 bits per heavy atom. The zero-order valence-corrected chi connectivity index (χ0v) is 30.1. The number of hydrogen-bond donors (Lipinski definition) is 1. The van der Waals surface area contributed by atoms with Crippen LogP contribution in [0, 0.1) is 0 Å². The number of likely N-dealkylation sites (tertiary alicyclic amines) is 1. The molecule has 1 unspecified atom stereocenters. The SMILES string of the molecule is COc1nc(-c2cccc(-c3cccc(-c4cnc(CN5CCC(c6ccccn6)C5)c(OC)n4)c3Cl)c2Cl)cnc1CCC[C@@H]1CCC(=O)N1. The van der Waals surface area contributed by atoms with E-state index in [0.717, 1.165) is 67.0 Å². The molecule has 5 aromatic rings. The molecule has 0 bridgehead atoms. The Bertz CT molecular complexity index is 2030. The summed E-state index contributed by atoms with van der Waals surface area (Å²) in [6, 6.07) is 17.8. The van der Waals surface area contributed by atoms with E-state index in [-0.39, 0.29) is 11.9 Å². The predicted molar refractivity (Wildman–Crippen MR) is 198 cm³/mol. The number of aryl methyl sites for hydroxylation is 1. The first-order chi connectivity index (χ1) is 24.9. The van der Waals surface area contributed by atoms with Crippen LogP contribution in [0.4, 0.5) is 0 Å². The molecule has 12 heteroatoms. The summed E-state index contributed by atoms with van der Waals surface area (Å²) in [5, 5.41) is 4.01. The lowest BCUT2D eigenvalue weighted by molar-refractivity contribution is -0.119. The number of hydrogen-bond acceptors (Lipinski definition) is 9.